The van der Waals surface area contributed by atoms with Gasteiger partial charge in [-0.15, -0.1) is 0 Å². The van der Waals surface area contributed by atoms with Crippen molar-refractivity contribution in [1.29, 1.82) is 0 Å². The summed E-state index contributed by atoms with van der Waals surface area (Å²) < 4.78 is 0. The number of fused-ring (bicyclic) bond motifs is 2. The van der Waals surface area contributed by atoms with Crippen molar-refractivity contribution in [3.05, 3.63) is 29.8 Å². The van der Waals surface area contributed by atoms with Gasteiger partial charge in [-0.3, -0.25) is 9.59 Å². The highest BCUT2D eigenvalue weighted by molar-refractivity contribution is 6.02. The van der Waals surface area contributed by atoms with E-state index >= 15 is 0 Å². The molecule has 3 heteroatoms. The number of carbonyl (C=O) groups excluding carboxylic acids is 2. The van der Waals surface area contributed by atoms with Gasteiger partial charge < -0.3 is 4.90 Å². The van der Waals surface area contributed by atoms with Crippen molar-refractivity contribution in [3.8, 4) is 0 Å². The molecule has 1 saturated heterocycles. The first-order valence-electron chi connectivity index (χ1n) is 5.68. The number of hydrogen-bond donors (Lipinski definition) is 0. The summed E-state index contributed by atoms with van der Waals surface area (Å²) in [6.07, 6.45) is 3.88. The van der Waals surface area contributed by atoms with Gasteiger partial charge in [-0.1, -0.05) is 12.1 Å². The highest BCUT2D eigenvalue weighted by Crippen LogP contribution is 2.41. The van der Waals surface area contributed by atoms with Crippen molar-refractivity contribution < 1.29 is 9.59 Å². The Morgan fingerprint density at radius 2 is 2.06 bits per heavy atom. The van der Waals surface area contributed by atoms with E-state index < -0.39 is 0 Å². The SMILES string of the molecule is O=Cc1ccccc1N1C(=O)C2CCC1C2. The number of rotatable bonds is 2. The van der Waals surface area contributed by atoms with Gasteiger partial charge >= 0.3 is 0 Å². The van der Waals surface area contributed by atoms with Crippen LogP contribution in [0, 0.1) is 5.92 Å². The average molecular weight is 215 g/mol. The van der Waals surface area contributed by atoms with E-state index in [2.05, 4.69) is 0 Å². The minimum absolute atomic E-state index is 0.199. The zero-order valence-electron chi connectivity index (χ0n) is 8.93. The van der Waals surface area contributed by atoms with E-state index in [4.69, 9.17) is 0 Å². The Kier molecular flexibility index (Phi) is 2.06. The van der Waals surface area contributed by atoms with E-state index in [9.17, 15) is 9.59 Å². The summed E-state index contributed by atoms with van der Waals surface area (Å²) >= 11 is 0. The Labute approximate surface area is 94.1 Å². The second-order valence-corrected chi connectivity index (χ2v) is 4.55. The van der Waals surface area contributed by atoms with Crippen LogP contribution in [0.25, 0.3) is 0 Å². The molecule has 1 aliphatic heterocycles. The first-order valence-corrected chi connectivity index (χ1v) is 5.68. The zero-order chi connectivity index (χ0) is 11.1. The van der Waals surface area contributed by atoms with Crippen LogP contribution in [0.15, 0.2) is 24.3 Å². The first-order chi connectivity index (χ1) is 7.81. The van der Waals surface area contributed by atoms with Crippen LogP contribution in [0.5, 0.6) is 0 Å². The molecule has 2 aliphatic rings. The summed E-state index contributed by atoms with van der Waals surface area (Å²) in [5.74, 6) is 0.398. The van der Waals surface area contributed by atoms with Gasteiger partial charge in [0.1, 0.15) is 0 Å². The molecule has 2 bridgehead atoms. The van der Waals surface area contributed by atoms with Crippen molar-refractivity contribution in [2.75, 3.05) is 4.90 Å². The molecule has 2 unspecified atom stereocenters. The summed E-state index contributed by atoms with van der Waals surface area (Å²) in [6, 6.07) is 7.65. The standard InChI is InChI=1S/C13H13NO2/c15-8-10-3-1-2-4-12(10)14-11-6-5-9(7-11)13(14)16/h1-4,8-9,11H,5-7H2. The van der Waals surface area contributed by atoms with Crippen LogP contribution in [0.1, 0.15) is 29.6 Å². The highest BCUT2D eigenvalue weighted by atomic mass is 16.2. The van der Waals surface area contributed by atoms with Crippen LogP contribution in [0.2, 0.25) is 0 Å². The molecule has 0 radical (unpaired) electrons. The number of piperidine rings is 1. The fourth-order valence-corrected chi connectivity index (χ4v) is 2.92. The number of nitrogens with zero attached hydrogens (tertiary/aromatic N) is 1. The molecule has 0 aromatic heterocycles. The fraction of sp³-hybridized carbons (Fsp3) is 0.385. The number of amides is 1. The van der Waals surface area contributed by atoms with Gasteiger partial charge in [0, 0.05) is 17.5 Å². The molecule has 1 aromatic carbocycles. The minimum atomic E-state index is 0.199. The monoisotopic (exact) mass is 215 g/mol. The third-order valence-electron chi connectivity index (χ3n) is 3.68. The first kappa shape index (κ1) is 9.58. The molecule has 1 aromatic rings. The predicted octanol–water partition coefficient (Wildman–Crippen LogP) is 2.01. The van der Waals surface area contributed by atoms with E-state index in [-0.39, 0.29) is 11.8 Å². The summed E-state index contributed by atoms with van der Waals surface area (Å²) in [6.45, 7) is 0. The Hall–Kier alpha value is -1.64. The molecule has 2 atom stereocenters. The molecule has 1 amide bonds. The number of carbonyl (C=O) groups is 2. The Morgan fingerprint density at radius 1 is 1.25 bits per heavy atom. The van der Waals surface area contributed by atoms with Crippen LogP contribution in [0.3, 0.4) is 0 Å². The van der Waals surface area contributed by atoms with Crippen LogP contribution < -0.4 is 4.90 Å². The summed E-state index contributed by atoms with van der Waals surface area (Å²) in [5, 5.41) is 0. The smallest absolute Gasteiger partial charge is 0.230 e. The number of anilines is 1. The molecule has 0 N–H and O–H groups in total. The van der Waals surface area contributed by atoms with E-state index in [1.54, 1.807) is 6.07 Å². The van der Waals surface area contributed by atoms with Gasteiger partial charge in [0.25, 0.3) is 0 Å². The normalized spacial score (nSPS) is 27.5. The molecule has 3 rings (SSSR count). The lowest BCUT2D eigenvalue weighted by atomic mass is 10.1. The molecular weight excluding hydrogens is 202 g/mol. The second-order valence-electron chi connectivity index (χ2n) is 4.55. The number of hydrogen-bond acceptors (Lipinski definition) is 2. The topological polar surface area (TPSA) is 37.4 Å². The molecule has 16 heavy (non-hydrogen) atoms. The lowest BCUT2D eigenvalue weighted by molar-refractivity contribution is -0.121. The van der Waals surface area contributed by atoms with Crippen molar-refractivity contribution >= 4 is 17.9 Å². The maximum absolute atomic E-state index is 12.0. The quantitative estimate of drug-likeness (QED) is 0.708. The summed E-state index contributed by atoms with van der Waals surface area (Å²) in [4.78, 5) is 24.8. The molecule has 0 spiro atoms. The highest BCUT2D eigenvalue weighted by Gasteiger charge is 2.45. The molecule has 1 heterocycles. The van der Waals surface area contributed by atoms with Crippen molar-refractivity contribution in [3.63, 3.8) is 0 Å². The van der Waals surface area contributed by atoms with Crippen LogP contribution in [0.4, 0.5) is 5.69 Å². The Balaban J connectivity index is 2.04. The van der Waals surface area contributed by atoms with E-state index in [1.165, 1.54) is 0 Å². The molecule has 2 fully saturated rings. The molecular formula is C13H13NO2. The van der Waals surface area contributed by atoms with Crippen molar-refractivity contribution in [2.24, 2.45) is 5.92 Å². The second kappa shape index (κ2) is 3.44. The molecule has 1 aliphatic carbocycles. The molecule has 3 nitrogen and oxygen atoms in total. The minimum Gasteiger partial charge on any atom is -0.308 e. The van der Waals surface area contributed by atoms with Gasteiger partial charge in [0.05, 0.1) is 5.69 Å². The number of para-hydroxylation sites is 1. The van der Waals surface area contributed by atoms with E-state index in [1.807, 2.05) is 23.1 Å². The van der Waals surface area contributed by atoms with Crippen molar-refractivity contribution in [2.45, 2.75) is 25.3 Å². The Morgan fingerprint density at radius 3 is 2.75 bits per heavy atom. The number of benzene rings is 1. The van der Waals surface area contributed by atoms with Crippen LogP contribution in [-0.4, -0.2) is 18.2 Å². The fourth-order valence-electron chi connectivity index (χ4n) is 2.92. The van der Waals surface area contributed by atoms with Gasteiger partial charge in [-0.05, 0) is 31.4 Å². The lowest BCUT2D eigenvalue weighted by Gasteiger charge is -2.28. The van der Waals surface area contributed by atoms with E-state index in [0.717, 1.165) is 31.2 Å². The third kappa shape index (κ3) is 1.21. The predicted molar refractivity (Wildman–Crippen MR) is 60.4 cm³/mol. The van der Waals surface area contributed by atoms with Gasteiger partial charge in [-0.25, -0.2) is 0 Å². The maximum Gasteiger partial charge on any atom is 0.230 e. The van der Waals surface area contributed by atoms with Crippen LogP contribution in [-0.2, 0) is 4.79 Å². The lowest BCUT2D eigenvalue weighted by Crippen LogP contribution is -2.37. The largest absolute Gasteiger partial charge is 0.308 e. The van der Waals surface area contributed by atoms with Gasteiger partial charge in [0.2, 0.25) is 5.91 Å². The summed E-state index contributed by atoms with van der Waals surface area (Å²) in [5.41, 5.74) is 1.40. The molecule has 82 valence electrons. The number of aldehydes is 1. The van der Waals surface area contributed by atoms with Gasteiger partial charge in [0.15, 0.2) is 6.29 Å². The molecule has 1 saturated carbocycles. The third-order valence-corrected chi connectivity index (χ3v) is 3.68. The van der Waals surface area contributed by atoms with Crippen molar-refractivity contribution in [1.82, 2.24) is 0 Å². The maximum atomic E-state index is 12.0. The van der Waals surface area contributed by atoms with Gasteiger partial charge in [-0.2, -0.15) is 0 Å². The van der Waals surface area contributed by atoms with Crippen LogP contribution >= 0.6 is 0 Å². The Bertz CT molecular complexity index is 455. The average Bonchev–Trinajstić information content (AvgIpc) is 2.89. The van der Waals surface area contributed by atoms with E-state index in [0.29, 0.717) is 11.6 Å². The summed E-state index contributed by atoms with van der Waals surface area (Å²) in [7, 11) is 0. The zero-order valence-corrected chi connectivity index (χ0v) is 8.93.